The highest BCUT2D eigenvalue weighted by Gasteiger charge is 2.21. The van der Waals surface area contributed by atoms with Crippen LogP contribution in [0.5, 0.6) is 0 Å². The highest BCUT2D eigenvalue weighted by Crippen LogP contribution is 2.44. The van der Waals surface area contributed by atoms with Gasteiger partial charge in [-0.25, -0.2) is 9.97 Å². The van der Waals surface area contributed by atoms with Gasteiger partial charge in [0.2, 0.25) is 0 Å². The van der Waals surface area contributed by atoms with Crippen LogP contribution in [-0.4, -0.2) is 9.97 Å². The zero-order chi connectivity index (χ0) is 29.7. The van der Waals surface area contributed by atoms with Crippen LogP contribution in [0.25, 0.3) is 88.5 Å². The van der Waals surface area contributed by atoms with Gasteiger partial charge >= 0.3 is 0 Å². The second-order valence-corrected chi connectivity index (χ2v) is 11.3. The van der Waals surface area contributed by atoms with E-state index in [-0.39, 0.29) is 0 Å². The van der Waals surface area contributed by atoms with Gasteiger partial charge in [0.15, 0.2) is 0 Å². The minimum Gasteiger partial charge on any atom is -0.455 e. The van der Waals surface area contributed by atoms with E-state index in [0.29, 0.717) is 0 Å². The summed E-state index contributed by atoms with van der Waals surface area (Å²) in [6.07, 6.45) is 0. The Morgan fingerprint density at radius 2 is 0.956 bits per heavy atom. The monoisotopic (exact) mass is 574 g/mol. The van der Waals surface area contributed by atoms with E-state index in [0.717, 1.165) is 66.4 Å². The Morgan fingerprint density at radius 1 is 0.378 bits per heavy atom. The first-order valence-corrected chi connectivity index (χ1v) is 15.2. The smallest absolute Gasteiger partial charge is 0.143 e. The average molecular weight is 575 g/mol. The molecule has 7 aromatic carbocycles. The molecule has 210 valence electrons. The van der Waals surface area contributed by atoms with E-state index in [4.69, 9.17) is 14.4 Å². The summed E-state index contributed by atoms with van der Waals surface area (Å²) in [6.45, 7) is 0. The van der Waals surface area contributed by atoms with E-state index in [2.05, 4.69) is 127 Å². The van der Waals surface area contributed by atoms with Gasteiger partial charge in [-0.2, -0.15) is 0 Å². The van der Waals surface area contributed by atoms with Gasteiger partial charge in [-0.15, -0.1) is 0 Å². The van der Waals surface area contributed by atoms with Gasteiger partial charge in [-0.3, -0.25) is 0 Å². The molecule has 0 unspecified atom stereocenters. The van der Waals surface area contributed by atoms with Gasteiger partial charge in [0.25, 0.3) is 0 Å². The first-order chi connectivity index (χ1) is 22.3. The van der Waals surface area contributed by atoms with Crippen molar-refractivity contribution in [3.8, 4) is 44.8 Å². The molecule has 0 saturated carbocycles. The quantitative estimate of drug-likeness (QED) is 0.210. The second-order valence-electron chi connectivity index (χ2n) is 11.3. The molecule has 9 aromatic rings. The van der Waals surface area contributed by atoms with Gasteiger partial charge < -0.3 is 4.42 Å². The Kier molecular flexibility index (Phi) is 5.82. The van der Waals surface area contributed by atoms with Gasteiger partial charge in [0.05, 0.1) is 22.4 Å². The van der Waals surface area contributed by atoms with E-state index in [1.54, 1.807) is 0 Å². The van der Waals surface area contributed by atoms with E-state index in [1.165, 1.54) is 22.1 Å². The summed E-state index contributed by atoms with van der Waals surface area (Å²) in [5, 5.41) is 4.37. The van der Waals surface area contributed by atoms with Crippen molar-refractivity contribution < 1.29 is 4.42 Å². The molecule has 0 bridgehead atoms. The molecule has 3 heteroatoms. The van der Waals surface area contributed by atoms with Crippen LogP contribution in [0.3, 0.4) is 0 Å². The van der Waals surface area contributed by atoms with E-state index >= 15 is 0 Å². The van der Waals surface area contributed by atoms with Crippen molar-refractivity contribution in [3.63, 3.8) is 0 Å². The van der Waals surface area contributed by atoms with Crippen LogP contribution in [0.2, 0.25) is 0 Å². The molecule has 0 aliphatic rings. The summed E-state index contributed by atoms with van der Waals surface area (Å²) < 4.78 is 6.67. The average Bonchev–Trinajstić information content (AvgIpc) is 3.51. The summed E-state index contributed by atoms with van der Waals surface area (Å²) >= 11 is 0. The van der Waals surface area contributed by atoms with Crippen LogP contribution in [0.15, 0.2) is 162 Å². The molecular weight excluding hydrogens is 548 g/mol. The van der Waals surface area contributed by atoms with Gasteiger partial charge in [-0.1, -0.05) is 133 Å². The maximum Gasteiger partial charge on any atom is 0.143 e. The number of nitrogens with zero attached hydrogens (tertiary/aromatic N) is 2. The van der Waals surface area contributed by atoms with Crippen LogP contribution in [0, 0.1) is 0 Å². The Bertz CT molecular complexity index is 2510. The number of fused-ring (bicyclic) bond motifs is 6. The number of hydrogen-bond acceptors (Lipinski definition) is 3. The lowest BCUT2D eigenvalue weighted by Crippen LogP contribution is -1.96. The first-order valence-electron chi connectivity index (χ1n) is 15.2. The Labute approximate surface area is 260 Å². The van der Waals surface area contributed by atoms with Crippen LogP contribution in [0.4, 0.5) is 0 Å². The Morgan fingerprint density at radius 3 is 1.69 bits per heavy atom. The number of rotatable bonds is 4. The Balaban J connectivity index is 1.33. The lowest BCUT2D eigenvalue weighted by atomic mass is 9.93. The fourth-order valence-corrected chi connectivity index (χ4v) is 6.54. The van der Waals surface area contributed by atoms with Crippen molar-refractivity contribution in [1.82, 2.24) is 9.97 Å². The van der Waals surface area contributed by atoms with Crippen molar-refractivity contribution >= 4 is 43.7 Å². The molecule has 3 nitrogen and oxygen atoms in total. The lowest BCUT2D eigenvalue weighted by molar-refractivity contribution is 0.673. The fraction of sp³-hybridized carbons (Fsp3) is 0. The lowest BCUT2D eigenvalue weighted by Gasteiger charge is -2.13. The zero-order valence-corrected chi connectivity index (χ0v) is 24.3. The molecule has 0 spiro atoms. The molecular formula is C42H26N2O. The fourth-order valence-electron chi connectivity index (χ4n) is 6.54. The van der Waals surface area contributed by atoms with Crippen molar-refractivity contribution in [2.75, 3.05) is 0 Å². The van der Waals surface area contributed by atoms with Crippen molar-refractivity contribution in [2.24, 2.45) is 0 Å². The van der Waals surface area contributed by atoms with Crippen molar-refractivity contribution in [2.45, 2.75) is 0 Å². The topological polar surface area (TPSA) is 38.9 Å². The maximum absolute atomic E-state index is 6.67. The molecule has 0 amide bonds. The molecule has 0 radical (unpaired) electrons. The summed E-state index contributed by atoms with van der Waals surface area (Å²) in [6, 6.07) is 54.8. The highest BCUT2D eigenvalue weighted by molar-refractivity contribution is 6.22. The third-order valence-electron chi connectivity index (χ3n) is 8.68. The largest absolute Gasteiger partial charge is 0.455 e. The second kappa shape index (κ2) is 10.3. The van der Waals surface area contributed by atoms with E-state index in [9.17, 15) is 0 Å². The molecule has 2 aromatic heterocycles. The summed E-state index contributed by atoms with van der Waals surface area (Å²) in [5.41, 5.74) is 11.8. The predicted molar refractivity (Wildman–Crippen MR) is 186 cm³/mol. The minimum atomic E-state index is 0.832. The maximum atomic E-state index is 6.67. The number of furan rings is 1. The SMILES string of the molecule is c1ccc(-c2ccc(-c3nc4ccccc4nc3-c3cccc4oc5c6ccccc6c(-c6ccccc6)cc5c34)cc2)cc1. The van der Waals surface area contributed by atoms with E-state index in [1.807, 2.05) is 30.3 Å². The molecule has 45 heavy (non-hydrogen) atoms. The number of hydrogen-bond donors (Lipinski definition) is 0. The zero-order valence-electron chi connectivity index (χ0n) is 24.3. The number of para-hydroxylation sites is 2. The van der Waals surface area contributed by atoms with Gasteiger partial charge in [0, 0.05) is 27.3 Å². The van der Waals surface area contributed by atoms with E-state index < -0.39 is 0 Å². The van der Waals surface area contributed by atoms with Crippen LogP contribution < -0.4 is 0 Å². The number of benzene rings is 7. The molecule has 0 atom stereocenters. The molecule has 0 aliphatic carbocycles. The first kappa shape index (κ1) is 25.4. The van der Waals surface area contributed by atoms with Crippen molar-refractivity contribution in [1.29, 1.82) is 0 Å². The summed E-state index contributed by atoms with van der Waals surface area (Å²) in [5.74, 6) is 0. The van der Waals surface area contributed by atoms with Gasteiger partial charge in [-0.05, 0) is 51.9 Å². The van der Waals surface area contributed by atoms with Crippen LogP contribution >= 0.6 is 0 Å². The Hall–Kier alpha value is -6.06. The van der Waals surface area contributed by atoms with Crippen LogP contribution in [0.1, 0.15) is 0 Å². The molecule has 0 fully saturated rings. The standard InChI is InChI=1S/C42H26N2O/c1-3-12-27(13-4-1)28-22-24-30(25-23-28)40-41(44-37-20-10-9-19-36(37)43-40)33-18-11-21-38-39(33)35-26-34(29-14-5-2-6-15-29)31-16-7-8-17-32(31)42(35)45-38/h1-26H. The minimum absolute atomic E-state index is 0.832. The van der Waals surface area contributed by atoms with Crippen LogP contribution in [-0.2, 0) is 0 Å². The molecule has 0 saturated heterocycles. The summed E-state index contributed by atoms with van der Waals surface area (Å²) in [4.78, 5) is 10.5. The molecule has 0 N–H and O–H groups in total. The molecule has 9 rings (SSSR count). The van der Waals surface area contributed by atoms with Crippen molar-refractivity contribution in [3.05, 3.63) is 158 Å². The third kappa shape index (κ3) is 4.21. The third-order valence-corrected chi connectivity index (χ3v) is 8.68. The molecule has 2 heterocycles. The normalized spacial score (nSPS) is 11.6. The number of aromatic nitrogens is 2. The molecule has 0 aliphatic heterocycles. The highest BCUT2D eigenvalue weighted by atomic mass is 16.3. The predicted octanol–water partition coefficient (Wildman–Crippen LogP) is 11.4. The summed E-state index contributed by atoms with van der Waals surface area (Å²) in [7, 11) is 0. The van der Waals surface area contributed by atoms with Gasteiger partial charge in [0.1, 0.15) is 11.2 Å².